The Hall–Kier alpha value is -0.900. The van der Waals surface area contributed by atoms with Gasteiger partial charge in [0.15, 0.2) is 4.34 Å². The topological polar surface area (TPSA) is 80.6 Å². The number of thioether (sulfide) groups is 1. The molecule has 0 spiro atoms. The van der Waals surface area contributed by atoms with Crippen LogP contribution in [0.15, 0.2) is 4.34 Å². The quantitative estimate of drug-likeness (QED) is 0.434. The fourth-order valence-corrected chi connectivity index (χ4v) is 4.16. The molecule has 0 radical (unpaired) electrons. The van der Waals surface area contributed by atoms with Crippen molar-refractivity contribution >= 4 is 34.1 Å². The Morgan fingerprint density at radius 1 is 1.45 bits per heavy atom. The van der Waals surface area contributed by atoms with Gasteiger partial charge in [-0.15, -0.1) is 10.2 Å². The van der Waals surface area contributed by atoms with E-state index in [1.807, 2.05) is 6.92 Å². The van der Waals surface area contributed by atoms with E-state index >= 15 is 0 Å². The van der Waals surface area contributed by atoms with E-state index in [0.717, 1.165) is 55.3 Å². The molecule has 124 valence electrons. The van der Waals surface area contributed by atoms with Crippen LogP contribution < -0.4 is 15.5 Å². The van der Waals surface area contributed by atoms with Gasteiger partial charge in [0.05, 0.1) is 25.0 Å². The van der Waals surface area contributed by atoms with Gasteiger partial charge in [0.2, 0.25) is 11.0 Å². The summed E-state index contributed by atoms with van der Waals surface area (Å²) in [6.45, 7) is 7.89. The lowest BCUT2D eigenvalue weighted by molar-refractivity contribution is -0.908. The number of carbonyl (C=O) groups is 1. The molecule has 1 amide bonds. The molecule has 1 aliphatic heterocycles. The predicted octanol–water partition coefficient (Wildman–Crippen LogP) is -0.518. The van der Waals surface area contributed by atoms with Crippen molar-refractivity contribution < 1.29 is 14.4 Å². The maximum atomic E-state index is 11.5. The van der Waals surface area contributed by atoms with E-state index in [9.17, 15) is 4.79 Å². The molecule has 3 N–H and O–H groups in total. The summed E-state index contributed by atoms with van der Waals surface area (Å²) < 4.78 is 6.17. The highest BCUT2D eigenvalue weighted by Gasteiger charge is 2.16. The minimum absolute atomic E-state index is 0.00296. The zero-order chi connectivity index (χ0) is 15.8. The van der Waals surface area contributed by atoms with Crippen LogP contribution in [0, 0.1) is 0 Å². The van der Waals surface area contributed by atoms with Crippen molar-refractivity contribution in [3.05, 3.63) is 0 Å². The van der Waals surface area contributed by atoms with Crippen LogP contribution >= 0.6 is 23.1 Å². The normalized spacial score (nSPS) is 17.2. The summed E-state index contributed by atoms with van der Waals surface area (Å²) in [5, 5.41) is 14.8. The lowest BCUT2D eigenvalue weighted by atomic mass is 10.3. The van der Waals surface area contributed by atoms with Crippen molar-refractivity contribution in [2.45, 2.75) is 22.9 Å². The minimum Gasteiger partial charge on any atom is -0.370 e. The number of hydrogen-bond donors (Lipinski definition) is 3. The number of hydrogen-bond acceptors (Lipinski definition) is 7. The first-order chi connectivity index (χ1) is 10.7. The number of quaternary nitrogens is 1. The summed E-state index contributed by atoms with van der Waals surface area (Å²) in [6.07, 6.45) is 1.10. The highest BCUT2D eigenvalue weighted by atomic mass is 32.2. The molecule has 0 unspecified atom stereocenters. The van der Waals surface area contributed by atoms with Crippen molar-refractivity contribution in [3.8, 4) is 0 Å². The molecule has 9 heteroatoms. The van der Waals surface area contributed by atoms with Crippen LogP contribution in [0.3, 0.4) is 0 Å². The molecule has 0 aromatic carbocycles. The lowest BCUT2D eigenvalue weighted by Crippen LogP contribution is -3.14. The van der Waals surface area contributed by atoms with Crippen molar-refractivity contribution in [1.82, 2.24) is 15.5 Å². The molecule has 7 nitrogen and oxygen atoms in total. The van der Waals surface area contributed by atoms with Crippen LogP contribution in [-0.4, -0.2) is 67.8 Å². The number of anilines is 1. The van der Waals surface area contributed by atoms with Gasteiger partial charge in [-0.25, -0.2) is 0 Å². The summed E-state index contributed by atoms with van der Waals surface area (Å²) >= 11 is 2.93. The number of rotatable bonds is 8. The standard InChI is InChI=1S/C13H23N5O2S2/c1-10(11(19)14-2)21-13-17-16-12(22-13)15-4-3-5-18-6-8-20-9-7-18/h10H,3-9H2,1-2H3,(H,14,19)(H,15,16)/p+1/t10-/m1/s1. The van der Waals surface area contributed by atoms with Gasteiger partial charge in [-0.1, -0.05) is 23.1 Å². The smallest absolute Gasteiger partial charge is 0.233 e. The van der Waals surface area contributed by atoms with Crippen LogP contribution in [0.2, 0.25) is 0 Å². The third-order valence-corrected chi connectivity index (χ3v) is 5.55. The van der Waals surface area contributed by atoms with Crippen molar-refractivity contribution in [2.24, 2.45) is 0 Å². The summed E-state index contributed by atoms with van der Waals surface area (Å²) in [6, 6.07) is 0. The average Bonchev–Trinajstić information content (AvgIpc) is 2.99. The molecule has 1 saturated heterocycles. The first-order valence-electron chi connectivity index (χ1n) is 7.56. The van der Waals surface area contributed by atoms with E-state index < -0.39 is 0 Å². The van der Waals surface area contributed by atoms with E-state index in [0.29, 0.717) is 0 Å². The molecule has 2 rings (SSSR count). The number of amides is 1. The zero-order valence-electron chi connectivity index (χ0n) is 13.1. The second-order valence-electron chi connectivity index (χ2n) is 5.14. The van der Waals surface area contributed by atoms with Gasteiger partial charge in [-0.3, -0.25) is 4.79 Å². The maximum Gasteiger partial charge on any atom is 0.233 e. The lowest BCUT2D eigenvalue weighted by Gasteiger charge is -2.23. The summed E-state index contributed by atoms with van der Waals surface area (Å²) in [5.41, 5.74) is 0. The zero-order valence-corrected chi connectivity index (χ0v) is 14.7. The largest absolute Gasteiger partial charge is 0.370 e. The molecule has 2 heterocycles. The van der Waals surface area contributed by atoms with Gasteiger partial charge in [0.25, 0.3) is 0 Å². The molecule has 1 aromatic heterocycles. The second-order valence-corrected chi connectivity index (χ2v) is 7.71. The Kier molecular flexibility index (Phi) is 7.37. The number of ether oxygens (including phenoxy) is 1. The van der Waals surface area contributed by atoms with Gasteiger partial charge in [-0.05, 0) is 6.92 Å². The highest BCUT2D eigenvalue weighted by Crippen LogP contribution is 2.28. The fourth-order valence-electron chi connectivity index (χ4n) is 2.18. The molecule has 0 bridgehead atoms. The van der Waals surface area contributed by atoms with Gasteiger partial charge >= 0.3 is 0 Å². The number of nitrogens with one attached hydrogen (secondary N) is 3. The monoisotopic (exact) mass is 346 g/mol. The van der Waals surface area contributed by atoms with E-state index in [4.69, 9.17) is 4.74 Å². The Balaban J connectivity index is 1.65. The van der Waals surface area contributed by atoms with Crippen LogP contribution in [-0.2, 0) is 9.53 Å². The van der Waals surface area contributed by atoms with Crippen molar-refractivity contribution in [1.29, 1.82) is 0 Å². The van der Waals surface area contributed by atoms with E-state index in [1.165, 1.54) is 23.1 Å². The third kappa shape index (κ3) is 5.71. The summed E-state index contributed by atoms with van der Waals surface area (Å²) in [7, 11) is 1.64. The van der Waals surface area contributed by atoms with Gasteiger partial charge in [0.1, 0.15) is 13.1 Å². The third-order valence-electron chi connectivity index (χ3n) is 3.48. The number of aromatic nitrogens is 2. The number of nitrogens with zero attached hydrogens (tertiary/aromatic N) is 2. The Labute approximate surface area is 139 Å². The number of carbonyl (C=O) groups excluding carboxylic acids is 1. The Bertz CT molecular complexity index is 465. The molecular formula is C13H24N5O2S2+. The minimum atomic E-state index is -0.157. The second kappa shape index (κ2) is 9.29. The SMILES string of the molecule is CNC(=O)[C@@H](C)Sc1nnc(NCCC[NH+]2CCOCC2)s1. The molecule has 1 atom stereocenters. The summed E-state index contributed by atoms with van der Waals surface area (Å²) in [5.74, 6) is 0.00296. The molecule has 22 heavy (non-hydrogen) atoms. The highest BCUT2D eigenvalue weighted by molar-refractivity contribution is 8.02. The average molecular weight is 347 g/mol. The first kappa shape index (κ1) is 17.5. The fraction of sp³-hybridized carbons (Fsp3) is 0.769. The molecule has 0 aliphatic carbocycles. The summed E-state index contributed by atoms with van der Waals surface area (Å²) in [4.78, 5) is 13.1. The predicted molar refractivity (Wildman–Crippen MR) is 88.8 cm³/mol. The van der Waals surface area contributed by atoms with Gasteiger partial charge in [-0.2, -0.15) is 0 Å². The van der Waals surface area contributed by atoms with E-state index in [-0.39, 0.29) is 11.2 Å². The molecule has 0 saturated carbocycles. The molecule has 1 fully saturated rings. The van der Waals surface area contributed by atoms with E-state index in [1.54, 1.807) is 11.9 Å². The van der Waals surface area contributed by atoms with Crippen LogP contribution in [0.5, 0.6) is 0 Å². The first-order valence-corrected chi connectivity index (χ1v) is 9.25. The molecule has 1 aliphatic rings. The Morgan fingerprint density at radius 2 is 2.23 bits per heavy atom. The van der Waals surface area contributed by atoms with Crippen molar-refractivity contribution in [2.75, 3.05) is 51.8 Å². The molecule has 1 aromatic rings. The maximum absolute atomic E-state index is 11.5. The van der Waals surface area contributed by atoms with E-state index in [2.05, 4.69) is 20.8 Å². The van der Waals surface area contributed by atoms with Crippen LogP contribution in [0.4, 0.5) is 5.13 Å². The van der Waals surface area contributed by atoms with Gasteiger partial charge in [0, 0.05) is 20.0 Å². The number of morpholine rings is 1. The Morgan fingerprint density at radius 3 is 2.95 bits per heavy atom. The van der Waals surface area contributed by atoms with Crippen LogP contribution in [0.25, 0.3) is 0 Å². The van der Waals surface area contributed by atoms with Crippen LogP contribution in [0.1, 0.15) is 13.3 Å². The molecular weight excluding hydrogens is 322 g/mol. The van der Waals surface area contributed by atoms with Gasteiger partial charge < -0.3 is 20.3 Å². The van der Waals surface area contributed by atoms with Crippen molar-refractivity contribution in [3.63, 3.8) is 0 Å².